The molecule has 0 aromatic heterocycles. The monoisotopic (exact) mass is 273 g/mol. The van der Waals surface area contributed by atoms with E-state index in [1.807, 2.05) is 19.1 Å². The summed E-state index contributed by atoms with van der Waals surface area (Å²) in [7, 11) is 0. The number of hydrogen-bond donors (Lipinski definition) is 1. The zero-order valence-electron chi connectivity index (χ0n) is 11.7. The summed E-state index contributed by atoms with van der Waals surface area (Å²) in [4.78, 5) is 0. The van der Waals surface area contributed by atoms with Crippen molar-refractivity contribution >= 4 is 17.3 Å². The van der Waals surface area contributed by atoms with Gasteiger partial charge < -0.3 is 5.32 Å². The molecule has 100 valence electrons. The van der Waals surface area contributed by atoms with Crippen molar-refractivity contribution in [2.24, 2.45) is 0 Å². The van der Waals surface area contributed by atoms with Crippen molar-refractivity contribution in [3.63, 3.8) is 0 Å². The minimum absolute atomic E-state index is 0.0171. The molecule has 1 atom stereocenters. The quantitative estimate of drug-likeness (QED) is 0.754. The first-order valence-electron chi connectivity index (χ1n) is 6.61. The van der Waals surface area contributed by atoms with Gasteiger partial charge in [-0.25, -0.2) is 0 Å². The zero-order chi connectivity index (χ0) is 13.8. The van der Waals surface area contributed by atoms with Gasteiger partial charge in [0.2, 0.25) is 0 Å². The third-order valence-corrected chi connectivity index (χ3v) is 3.68. The summed E-state index contributed by atoms with van der Waals surface area (Å²) in [5.41, 5.74) is 6.22. The van der Waals surface area contributed by atoms with Gasteiger partial charge in [0.25, 0.3) is 0 Å². The molecule has 0 aliphatic carbocycles. The van der Waals surface area contributed by atoms with E-state index in [2.05, 4.69) is 49.5 Å². The Bertz CT molecular complexity index is 561. The lowest BCUT2D eigenvalue weighted by Crippen LogP contribution is -2.03. The fraction of sp³-hybridized carbons (Fsp3) is 0.294. The molecule has 19 heavy (non-hydrogen) atoms. The van der Waals surface area contributed by atoms with E-state index < -0.39 is 0 Å². The van der Waals surface area contributed by atoms with Gasteiger partial charge in [0.15, 0.2) is 0 Å². The van der Waals surface area contributed by atoms with Gasteiger partial charge in [0.05, 0.1) is 5.38 Å². The summed E-state index contributed by atoms with van der Waals surface area (Å²) in [6.45, 7) is 7.10. The Labute approximate surface area is 120 Å². The van der Waals surface area contributed by atoms with Gasteiger partial charge in [-0.1, -0.05) is 36.4 Å². The molecule has 0 bridgehead atoms. The van der Waals surface area contributed by atoms with Gasteiger partial charge in [0, 0.05) is 12.2 Å². The molecule has 0 heterocycles. The van der Waals surface area contributed by atoms with Gasteiger partial charge in [-0.05, 0) is 49.1 Å². The Hall–Kier alpha value is -1.47. The molecule has 0 aliphatic heterocycles. The van der Waals surface area contributed by atoms with E-state index in [4.69, 9.17) is 11.6 Å². The van der Waals surface area contributed by atoms with Gasteiger partial charge in [0.1, 0.15) is 0 Å². The lowest BCUT2D eigenvalue weighted by atomic mass is 10.1. The Morgan fingerprint density at radius 3 is 2.47 bits per heavy atom. The Morgan fingerprint density at radius 2 is 1.79 bits per heavy atom. The van der Waals surface area contributed by atoms with Crippen LogP contribution in [0.5, 0.6) is 0 Å². The molecule has 0 spiro atoms. The first kappa shape index (κ1) is 14.0. The maximum Gasteiger partial charge on any atom is 0.0577 e. The fourth-order valence-electron chi connectivity index (χ4n) is 2.12. The van der Waals surface area contributed by atoms with Crippen LogP contribution in [0.4, 0.5) is 5.69 Å². The van der Waals surface area contributed by atoms with Crippen LogP contribution in [0.3, 0.4) is 0 Å². The second kappa shape index (κ2) is 6.12. The molecular formula is C17H20ClN. The largest absolute Gasteiger partial charge is 0.381 e. The van der Waals surface area contributed by atoms with E-state index in [0.29, 0.717) is 0 Å². The highest BCUT2D eigenvalue weighted by atomic mass is 35.5. The van der Waals surface area contributed by atoms with E-state index in [1.54, 1.807) is 0 Å². The normalized spacial score (nSPS) is 12.2. The van der Waals surface area contributed by atoms with Crippen molar-refractivity contribution in [2.75, 3.05) is 5.32 Å². The molecule has 1 N–H and O–H groups in total. The topological polar surface area (TPSA) is 12.0 Å². The van der Waals surface area contributed by atoms with Crippen LogP contribution in [0.15, 0.2) is 42.5 Å². The third kappa shape index (κ3) is 3.51. The molecule has 2 rings (SSSR count). The second-order valence-electron chi connectivity index (χ2n) is 4.98. The SMILES string of the molecule is Cc1ccc(CNc2ccccc2C(C)Cl)cc1C. The van der Waals surface area contributed by atoms with E-state index in [-0.39, 0.29) is 5.38 Å². The van der Waals surface area contributed by atoms with Gasteiger partial charge in [-0.3, -0.25) is 0 Å². The predicted octanol–water partition coefficient (Wildman–Crippen LogP) is 5.22. The highest BCUT2D eigenvalue weighted by Crippen LogP contribution is 2.27. The van der Waals surface area contributed by atoms with E-state index in [1.165, 1.54) is 16.7 Å². The van der Waals surface area contributed by atoms with Gasteiger partial charge >= 0.3 is 0 Å². The predicted molar refractivity (Wildman–Crippen MR) is 84.0 cm³/mol. The molecule has 0 aliphatic rings. The molecule has 0 saturated heterocycles. The number of para-hydroxylation sites is 1. The summed E-state index contributed by atoms with van der Waals surface area (Å²) < 4.78 is 0. The maximum absolute atomic E-state index is 6.20. The molecule has 1 unspecified atom stereocenters. The van der Waals surface area contributed by atoms with Crippen molar-refractivity contribution in [3.05, 3.63) is 64.7 Å². The molecule has 2 aromatic carbocycles. The number of halogens is 1. The number of benzene rings is 2. The molecule has 0 saturated carbocycles. The van der Waals surface area contributed by atoms with Crippen molar-refractivity contribution in [2.45, 2.75) is 32.7 Å². The first-order chi connectivity index (χ1) is 9.08. The van der Waals surface area contributed by atoms with E-state index in [9.17, 15) is 0 Å². The highest BCUT2D eigenvalue weighted by molar-refractivity contribution is 6.21. The lowest BCUT2D eigenvalue weighted by molar-refractivity contribution is 1.06. The van der Waals surface area contributed by atoms with Gasteiger partial charge in [-0.15, -0.1) is 11.6 Å². The van der Waals surface area contributed by atoms with E-state index >= 15 is 0 Å². The lowest BCUT2D eigenvalue weighted by Gasteiger charge is -2.14. The molecule has 0 radical (unpaired) electrons. The van der Waals surface area contributed by atoms with Crippen molar-refractivity contribution < 1.29 is 0 Å². The summed E-state index contributed by atoms with van der Waals surface area (Å²) in [6, 6.07) is 14.8. The van der Waals surface area contributed by atoms with Crippen molar-refractivity contribution in [3.8, 4) is 0 Å². The van der Waals surface area contributed by atoms with Crippen LogP contribution in [0.2, 0.25) is 0 Å². The summed E-state index contributed by atoms with van der Waals surface area (Å²) in [5, 5.41) is 3.49. The van der Waals surface area contributed by atoms with Crippen LogP contribution < -0.4 is 5.32 Å². The number of alkyl halides is 1. The van der Waals surface area contributed by atoms with Crippen LogP contribution in [0, 0.1) is 13.8 Å². The number of rotatable bonds is 4. The molecular weight excluding hydrogens is 254 g/mol. The highest BCUT2D eigenvalue weighted by Gasteiger charge is 2.06. The van der Waals surface area contributed by atoms with Crippen molar-refractivity contribution in [1.82, 2.24) is 0 Å². The molecule has 0 fully saturated rings. The summed E-state index contributed by atoms with van der Waals surface area (Å²) >= 11 is 6.20. The average molecular weight is 274 g/mol. The number of aryl methyl sites for hydroxylation is 2. The zero-order valence-corrected chi connectivity index (χ0v) is 12.5. The van der Waals surface area contributed by atoms with Crippen LogP contribution in [-0.2, 0) is 6.54 Å². The smallest absolute Gasteiger partial charge is 0.0577 e. The minimum atomic E-state index is 0.0171. The average Bonchev–Trinajstić information content (AvgIpc) is 2.40. The fourth-order valence-corrected chi connectivity index (χ4v) is 2.31. The first-order valence-corrected chi connectivity index (χ1v) is 7.04. The standard InChI is InChI=1S/C17H20ClN/c1-12-8-9-15(10-13(12)2)11-19-17-7-5-4-6-16(17)14(3)18/h4-10,14,19H,11H2,1-3H3. The Kier molecular flexibility index (Phi) is 4.49. The van der Waals surface area contributed by atoms with Crippen LogP contribution in [0.1, 0.15) is 34.6 Å². The summed E-state index contributed by atoms with van der Waals surface area (Å²) in [6.07, 6.45) is 0. The molecule has 0 amide bonds. The van der Waals surface area contributed by atoms with Crippen LogP contribution >= 0.6 is 11.6 Å². The minimum Gasteiger partial charge on any atom is -0.381 e. The maximum atomic E-state index is 6.20. The summed E-state index contributed by atoms with van der Waals surface area (Å²) in [5.74, 6) is 0. The molecule has 2 aromatic rings. The molecule has 1 nitrogen and oxygen atoms in total. The number of anilines is 1. The third-order valence-electron chi connectivity index (χ3n) is 3.44. The van der Waals surface area contributed by atoms with Crippen molar-refractivity contribution in [1.29, 1.82) is 0 Å². The Morgan fingerprint density at radius 1 is 1.05 bits per heavy atom. The van der Waals surface area contributed by atoms with E-state index in [0.717, 1.165) is 17.8 Å². The number of nitrogens with one attached hydrogen (secondary N) is 1. The van der Waals surface area contributed by atoms with Crippen LogP contribution in [-0.4, -0.2) is 0 Å². The molecule has 2 heteroatoms. The van der Waals surface area contributed by atoms with Crippen LogP contribution in [0.25, 0.3) is 0 Å². The number of hydrogen-bond acceptors (Lipinski definition) is 1. The second-order valence-corrected chi connectivity index (χ2v) is 5.63. The Balaban J connectivity index is 2.12. The van der Waals surface area contributed by atoms with Gasteiger partial charge in [-0.2, -0.15) is 0 Å².